The van der Waals surface area contributed by atoms with Crippen molar-refractivity contribution in [3.8, 4) is 0 Å². The van der Waals surface area contributed by atoms with Gasteiger partial charge in [-0.2, -0.15) is 0 Å². The number of anilines is 1. The Bertz CT molecular complexity index is 413. The number of hydrogen-bond donors (Lipinski definition) is 0. The van der Waals surface area contributed by atoms with Crippen molar-refractivity contribution in [3.05, 3.63) is 28.2 Å². The number of piperazine rings is 1. The first-order valence-corrected chi connectivity index (χ1v) is 8.83. The highest BCUT2D eigenvalue weighted by Crippen LogP contribution is 2.28. The lowest BCUT2D eigenvalue weighted by atomic mass is 10.1. The summed E-state index contributed by atoms with van der Waals surface area (Å²) >= 11 is 7.18. The molecule has 1 fully saturated rings. The van der Waals surface area contributed by atoms with Crippen LogP contribution < -0.4 is 4.90 Å². The summed E-state index contributed by atoms with van der Waals surface area (Å²) in [6.07, 6.45) is 0. The Morgan fingerprint density at radius 3 is 2.42 bits per heavy atom. The second-order valence-corrected chi connectivity index (χ2v) is 7.06. The van der Waals surface area contributed by atoms with Crippen LogP contribution in [0, 0.1) is 5.92 Å². The summed E-state index contributed by atoms with van der Waals surface area (Å²) in [7, 11) is 0. The monoisotopic (exact) mass is 388 g/mol. The van der Waals surface area contributed by atoms with Gasteiger partial charge in [-0.25, -0.2) is 0 Å². The molecule has 0 saturated carbocycles. The second kappa shape index (κ2) is 7.09. The van der Waals surface area contributed by atoms with E-state index < -0.39 is 0 Å². The van der Waals surface area contributed by atoms with Crippen LogP contribution >= 0.6 is 31.9 Å². The minimum absolute atomic E-state index is 0.760. The molecule has 1 aromatic rings. The van der Waals surface area contributed by atoms with Crippen LogP contribution in [0.1, 0.15) is 19.4 Å². The third-order valence-corrected chi connectivity index (χ3v) is 4.62. The van der Waals surface area contributed by atoms with E-state index in [1.165, 1.54) is 30.9 Å². The van der Waals surface area contributed by atoms with E-state index in [4.69, 9.17) is 0 Å². The van der Waals surface area contributed by atoms with E-state index >= 15 is 0 Å². The fraction of sp³-hybridized carbons (Fsp3) is 0.600. The molecule has 19 heavy (non-hydrogen) atoms. The van der Waals surface area contributed by atoms with Crippen molar-refractivity contribution in [2.45, 2.75) is 19.2 Å². The molecule has 4 heteroatoms. The van der Waals surface area contributed by atoms with E-state index in [2.05, 4.69) is 73.7 Å². The Balaban J connectivity index is 2.03. The summed E-state index contributed by atoms with van der Waals surface area (Å²) < 4.78 is 1.16. The molecule has 0 radical (unpaired) electrons. The summed E-state index contributed by atoms with van der Waals surface area (Å²) in [6.45, 7) is 10.4. The molecule has 0 N–H and O–H groups in total. The smallest absolute Gasteiger partial charge is 0.0419 e. The number of nitrogens with zero attached hydrogens (tertiary/aromatic N) is 2. The zero-order chi connectivity index (χ0) is 13.8. The SMILES string of the molecule is CC(C)CN1CCN(c2cc(Br)ccc2CBr)CC1. The van der Waals surface area contributed by atoms with Gasteiger partial charge >= 0.3 is 0 Å². The summed E-state index contributed by atoms with van der Waals surface area (Å²) in [4.78, 5) is 5.09. The molecule has 106 valence electrons. The molecule has 1 aliphatic rings. The molecule has 0 spiro atoms. The standard InChI is InChI=1S/C15H22Br2N2/c1-12(2)11-18-5-7-19(8-6-18)15-9-14(17)4-3-13(15)10-16/h3-4,9,12H,5-8,10-11H2,1-2H3. The van der Waals surface area contributed by atoms with Crippen molar-refractivity contribution in [2.24, 2.45) is 5.92 Å². The first kappa shape index (κ1) is 15.3. The molecule has 0 unspecified atom stereocenters. The van der Waals surface area contributed by atoms with Gasteiger partial charge < -0.3 is 4.90 Å². The second-order valence-electron chi connectivity index (χ2n) is 5.59. The number of hydrogen-bond acceptors (Lipinski definition) is 2. The average molecular weight is 390 g/mol. The van der Waals surface area contributed by atoms with Gasteiger partial charge in [0.05, 0.1) is 0 Å². The number of alkyl halides is 1. The zero-order valence-electron chi connectivity index (χ0n) is 11.7. The van der Waals surface area contributed by atoms with E-state index in [0.29, 0.717) is 0 Å². The highest BCUT2D eigenvalue weighted by atomic mass is 79.9. The van der Waals surface area contributed by atoms with E-state index in [9.17, 15) is 0 Å². The fourth-order valence-electron chi connectivity index (χ4n) is 2.63. The van der Waals surface area contributed by atoms with Crippen molar-refractivity contribution < 1.29 is 0 Å². The van der Waals surface area contributed by atoms with Crippen LogP contribution in [-0.4, -0.2) is 37.6 Å². The molecule has 0 amide bonds. The fourth-order valence-corrected chi connectivity index (χ4v) is 3.46. The van der Waals surface area contributed by atoms with Crippen LogP contribution in [0.3, 0.4) is 0 Å². The molecule has 1 saturated heterocycles. The topological polar surface area (TPSA) is 6.48 Å². The first-order chi connectivity index (χ1) is 9.10. The molecular formula is C15H22Br2N2. The molecule has 1 aliphatic heterocycles. The molecular weight excluding hydrogens is 368 g/mol. The van der Waals surface area contributed by atoms with Gasteiger partial charge in [0.15, 0.2) is 0 Å². The van der Waals surface area contributed by atoms with Crippen LogP contribution in [0.2, 0.25) is 0 Å². The molecule has 0 atom stereocenters. The normalized spacial score (nSPS) is 17.2. The molecule has 1 heterocycles. The lowest BCUT2D eigenvalue weighted by Gasteiger charge is -2.37. The highest BCUT2D eigenvalue weighted by molar-refractivity contribution is 9.10. The Hall–Kier alpha value is -0.0600. The lowest BCUT2D eigenvalue weighted by Crippen LogP contribution is -2.47. The molecule has 2 rings (SSSR count). The summed E-state index contributed by atoms with van der Waals surface area (Å²) in [6, 6.07) is 6.57. The van der Waals surface area contributed by atoms with Crippen molar-refractivity contribution in [2.75, 3.05) is 37.6 Å². The molecule has 0 aromatic heterocycles. The van der Waals surface area contributed by atoms with Gasteiger partial charge in [0.2, 0.25) is 0 Å². The minimum atomic E-state index is 0.760. The van der Waals surface area contributed by atoms with Crippen molar-refractivity contribution in [1.29, 1.82) is 0 Å². The van der Waals surface area contributed by atoms with Gasteiger partial charge in [-0.3, -0.25) is 4.90 Å². The van der Waals surface area contributed by atoms with Crippen LogP contribution in [0.25, 0.3) is 0 Å². The predicted molar refractivity (Wildman–Crippen MR) is 90.3 cm³/mol. The van der Waals surface area contributed by atoms with E-state index in [-0.39, 0.29) is 0 Å². The maximum absolute atomic E-state index is 3.59. The van der Waals surface area contributed by atoms with Gasteiger partial charge in [-0.1, -0.05) is 51.8 Å². The average Bonchev–Trinajstić information content (AvgIpc) is 2.39. The van der Waals surface area contributed by atoms with E-state index in [1.54, 1.807) is 0 Å². The lowest BCUT2D eigenvalue weighted by molar-refractivity contribution is 0.231. The maximum atomic E-state index is 3.59. The van der Waals surface area contributed by atoms with E-state index in [1.807, 2.05) is 0 Å². The third-order valence-electron chi connectivity index (χ3n) is 3.53. The van der Waals surface area contributed by atoms with Gasteiger partial charge in [0.25, 0.3) is 0 Å². The number of halogens is 2. The first-order valence-electron chi connectivity index (χ1n) is 6.92. The van der Waals surface area contributed by atoms with Crippen molar-refractivity contribution in [1.82, 2.24) is 4.90 Å². The Kier molecular flexibility index (Phi) is 5.72. The predicted octanol–water partition coefficient (Wildman–Crippen LogP) is 4.12. The molecule has 1 aromatic carbocycles. The van der Waals surface area contributed by atoms with Crippen LogP contribution in [0.4, 0.5) is 5.69 Å². The zero-order valence-corrected chi connectivity index (χ0v) is 14.9. The molecule has 0 bridgehead atoms. The number of rotatable bonds is 4. The summed E-state index contributed by atoms with van der Waals surface area (Å²) in [5, 5.41) is 0.918. The van der Waals surface area contributed by atoms with Gasteiger partial charge in [-0.15, -0.1) is 0 Å². The highest BCUT2D eigenvalue weighted by Gasteiger charge is 2.19. The van der Waals surface area contributed by atoms with Gasteiger partial charge in [0.1, 0.15) is 0 Å². The van der Waals surface area contributed by atoms with Gasteiger partial charge in [0, 0.05) is 48.2 Å². The van der Waals surface area contributed by atoms with Crippen molar-refractivity contribution >= 4 is 37.5 Å². The maximum Gasteiger partial charge on any atom is 0.0419 e. The largest absolute Gasteiger partial charge is 0.369 e. The Morgan fingerprint density at radius 2 is 1.84 bits per heavy atom. The van der Waals surface area contributed by atoms with Gasteiger partial charge in [-0.05, 0) is 23.6 Å². The van der Waals surface area contributed by atoms with Crippen molar-refractivity contribution in [3.63, 3.8) is 0 Å². The number of benzene rings is 1. The summed E-state index contributed by atoms with van der Waals surface area (Å²) in [5.41, 5.74) is 2.75. The Morgan fingerprint density at radius 1 is 1.16 bits per heavy atom. The van der Waals surface area contributed by atoms with Crippen LogP contribution in [0.5, 0.6) is 0 Å². The Labute approximate surface area is 133 Å². The quantitative estimate of drug-likeness (QED) is 0.714. The van der Waals surface area contributed by atoms with E-state index in [0.717, 1.165) is 28.8 Å². The van der Waals surface area contributed by atoms with Crippen LogP contribution in [-0.2, 0) is 5.33 Å². The third kappa shape index (κ3) is 4.20. The van der Waals surface area contributed by atoms with Crippen LogP contribution in [0.15, 0.2) is 22.7 Å². The molecule has 2 nitrogen and oxygen atoms in total. The summed E-state index contributed by atoms with van der Waals surface area (Å²) in [5.74, 6) is 0.760. The minimum Gasteiger partial charge on any atom is -0.369 e. The molecule has 0 aliphatic carbocycles.